The lowest BCUT2D eigenvalue weighted by Crippen LogP contribution is -2.40. The van der Waals surface area contributed by atoms with Crippen molar-refractivity contribution in [2.45, 2.75) is 31.7 Å². The molecule has 1 aromatic heterocycles. The number of morpholine rings is 1. The molecule has 2 heterocycles. The number of hydrogen-bond acceptors (Lipinski definition) is 6. The molecule has 1 fully saturated rings. The molecule has 38 heavy (non-hydrogen) atoms. The number of nitrogens with zero attached hydrogens (tertiary/aromatic N) is 2. The summed E-state index contributed by atoms with van der Waals surface area (Å²) in [7, 11) is -3.53. The average Bonchev–Trinajstić information content (AvgIpc) is 3.20. The predicted octanol–water partition coefficient (Wildman–Crippen LogP) is 2.60. The first kappa shape index (κ1) is 29.1. The van der Waals surface area contributed by atoms with Crippen molar-refractivity contribution in [1.82, 2.24) is 14.2 Å². The Morgan fingerprint density at radius 3 is 2.24 bits per heavy atom. The molecule has 11 heteroatoms. The van der Waals surface area contributed by atoms with Gasteiger partial charge in [-0.05, 0) is 62.2 Å². The van der Waals surface area contributed by atoms with Crippen molar-refractivity contribution in [2.24, 2.45) is 0 Å². The highest BCUT2D eigenvalue weighted by atomic mass is 32.2. The van der Waals surface area contributed by atoms with Crippen LogP contribution in [0.25, 0.3) is 5.69 Å². The van der Waals surface area contributed by atoms with E-state index in [0.717, 1.165) is 36.6 Å². The van der Waals surface area contributed by atoms with E-state index in [4.69, 9.17) is 24.5 Å². The summed E-state index contributed by atoms with van der Waals surface area (Å²) < 4.78 is 35.1. The number of nitrogens with one attached hydrogen (secondary N) is 1. The second-order valence-corrected chi connectivity index (χ2v) is 10.7. The Morgan fingerprint density at radius 2 is 1.61 bits per heavy atom. The highest BCUT2D eigenvalue weighted by Gasteiger charge is 2.26. The van der Waals surface area contributed by atoms with Gasteiger partial charge in [-0.2, -0.15) is 4.31 Å². The van der Waals surface area contributed by atoms with Crippen LogP contribution in [0.1, 0.15) is 22.5 Å². The summed E-state index contributed by atoms with van der Waals surface area (Å²) in [5, 5.41) is 18.3. The molecule has 4 rings (SSSR count). The lowest BCUT2D eigenvalue weighted by molar-refractivity contribution is -0.159. The lowest BCUT2D eigenvalue weighted by Gasteiger charge is -2.26. The zero-order valence-electron chi connectivity index (χ0n) is 21.5. The van der Waals surface area contributed by atoms with Crippen molar-refractivity contribution in [3.05, 3.63) is 83.2 Å². The molecule has 1 aliphatic rings. The summed E-state index contributed by atoms with van der Waals surface area (Å²) in [6.07, 6.45) is 0.987. The van der Waals surface area contributed by atoms with Crippen molar-refractivity contribution < 1.29 is 33.0 Å². The standard InChI is InChI=1S/C25H31N3O3S.C2H2O4/c1-20-17-23(19-26-12-11-22-7-4-3-5-8-22)21(2)28(20)24-9-6-10-25(18-24)32(29,30)27-13-15-31-16-14-27;3-1(4)2(5)6/h3-10,17-18,26H,11-16,19H2,1-2H3;(H,3,4)(H,5,6). The molecule has 3 aromatic rings. The van der Waals surface area contributed by atoms with Crippen LogP contribution in [0.15, 0.2) is 65.6 Å². The summed E-state index contributed by atoms with van der Waals surface area (Å²) in [6, 6.07) is 19.9. The predicted molar refractivity (Wildman–Crippen MR) is 142 cm³/mol. The zero-order chi connectivity index (χ0) is 27.7. The van der Waals surface area contributed by atoms with Crippen molar-refractivity contribution in [1.29, 1.82) is 0 Å². The average molecular weight is 544 g/mol. The Kier molecular flexibility index (Phi) is 10.2. The molecule has 204 valence electrons. The number of carboxylic acids is 2. The quantitative estimate of drug-likeness (QED) is 0.291. The summed E-state index contributed by atoms with van der Waals surface area (Å²) in [5.41, 5.74) is 5.62. The zero-order valence-corrected chi connectivity index (χ0v) is 22.3. The molecule has 3 N–H and O–H groups in total. The molecule has 0 spiro atoms. The number of carbonyl (C=O) groups is 2. The van der Waals surface area contributed by atoms with Crippen LogP contribution in [0.4, 0.5) is 0 Å². The number of ether oxygens (including phenoxy) is 1. The van der Waals surface area contributed by atoms with E-state index < -0.39 is 22.0 Å². The maximum Gasteiger partial charge on any atom is 0.414 e. The molecular formula is C27H33N3O7S. The summed E-state index contributed by atoms with van der Waals surface area (Å²) >= 11 is 0. The SMILES string of the molecule is Cc1cc(CNCCc2ccccc2)c(C)n1-c1cccc(S(=O)(=O)N2CCOCC2)c1.O=C(O)C(=O)O. The van der Waals surface area contributed by atoms with E-state index in [0.29, 0.717) is 31.2 Å². The van der Waals surface area contributed by atoms with Gasteiger partial charge < -0.3 is 24.8 Å². The lowest BCUT2D eigenvalue weighted by atomic mass is 10.1. The number of aryl methyl sites for hydroxylation is 1. The molecule has 0 atom stereocenters. The van der Waals surface area contributed by atoms with Crippen LogP contribution in [0.5, 0.6) is 0 Å². The van der Waals surface area contributed by atoms with Gasteiger partial charge in [-0.25, -0.2) is 18.0 Å². The van der Waals surface area contributed by atoms with Crippen LogP contribution < -0.4 is 5.32 Å². The topological polar surface area (TPSA) is 138 Å². The molecule has 2 aromatic carbocycles. The Labute approximate surface area is 222 Å². The van der Waals surface area contributed by atoms with Gasteiger partial charge in [0.2, 0.25) is 10.0 Å². The monoisotopic (exact) mass is 543 g/mol. The molecule has 0 radical (unpaired) electrons. The van der Waals surface area contributed by atoms with Crippen LogP contribution in [0.2, 0.25) is 0 Å². The molecule has 0 aliphatic carbocycles. The Morgan fingerprint density at radius 1 is 0.947 bits per heavy atom. The van der Waals surface area contributed by atoms with Crippen LogP contribution in [-0.2, 0) is 37.3 Å². The third kappa shape index (κ3) is 7.51. The first-order valence-corrected chi connectivity index (χ1v) is 13.6. The molecule has 0 saturated carbocycles. The number of aromatic nitrogens is 1. The maximum atomic E-state index is 13.1. The van der Waals surface area contributed by atoms with Crippen LogP contribution in [-0.4, -0.2) is 72.3 Å². The number of hydrogen-bond donors (Lipinski definition) is 3. The van der Waals surface area contributed by atoms with Crippen molar-refractivity contribution >= 4 is 22.0 Å². The van der Waals surface area contributed by atoms with Gasteiger partial charge in [-0.3, -0.25) is 0 Å². The highest BCUT2D eigenvalue weighted by Crippen LogP contribution is 2.25. The van der Waals surface area contributed by atoms with Gasteiger partial charge in [0.25, 0.3) is 0 Å². The second-order valence-electron chi connectivity index (χ2n) is 8.77. The minimum Gasteiger partial charge on any atom is -0.473 e. The van der Waals surface area contributed by atoms with Gasteiger partial charge in [-0.15, -0.1) is 0 Å². The first-order valence-electron chi connectivity index (χ1n) is 12.2. The third-order valence-electron chi connectivity index (χ3n) is 6.15. The fourth-order valence-corrected chi connectivity index (χ4v) is 5.67. The van der Waals surface area contributed by atoms with Gasteiger partial charge in [0.05, 0.1) is 18.1 Å². The van der Waals surface area contributed by atoms with E-state index in [-0.39, 0.29) is 0 Å². The molecule has 10 nitrogen and oxygen atoms in total. The third-order valence-corrected chi connectivity index (χ3v) is 8.05. The van der Waals surface area contributed by atoms with Crippen molar-refractivity contribution in [3.8, 4) is 5.69 Å². The van der Waals surface area contributed by atoms with Gasteiger partial charge >= 0.3 is 11.9 Å². The molecule has 0 amide bonds. The van der Waals surface area contributed by atoms with E-state index in [1.54, 1.807) is 12.1 Å². The number of sulfonamides is 1. The van der Waals surface area contributed by atoms with Gasteiger partial charge in [-0.1, -0.05) is 36.4 Å². The Bertz CT molecular complexity index is 1340. The molecule has 0 bridgehead atoms. The van der Waals surface area contributed by atoms with Gasteiger partial charge in [0.15, 0.2) is 0 Å². The van der Waals surface area contributed by atoms with E-state index in [1.807, 2.05) is 18.2 Å². The van der Waals surface area contributed by atoms with Crippen LogP contribution in [0, 0.1) is 13.8 Å². The number of benzene rings is 2. The summed E-state index contributed by atoms with van der Waals surface area (Å²) in [4.78, 5) is 18.5. The molecule has 0 unspecified atom stereocenters. The van der Waals surface area contributed by atoms with Crippen molar-refractivity contribution in [3.63, 3.8) is 0 Å². The van der Waals surface area contributed by atoms with Gasteiger partial charge in [0, 0.05) is 36.7 Å². The smallest absolute Gasteiger partial charge is 0.414 e. The van der Waals surface area contributed by atoms with Crippen molar-refractivity contribution in [2.75, 3.05) is 32.8 Å². The van der Waals surface area contributed by atoms with Crippen LogP contribution in [0.3, 0.4) is 0 Å². The molecule has 1 aliphatic heterocycles. The summed E-state index contributed by atoms with van der Waals surface area (Å²) in [5.74, 6) is -3.65. The second kappa shape index (κ2) is 13.3. The minimum atomic E-state index is -3.53. The minimum absolute atomic E-state index is 0.326. The normalized spacial score (nSPS) is 13.9. The number of aliphatic carboxylic acids is 2. The van der Waals surface area contributed by atoms with Crippen LogP contribution >= 0.6 is 0 Å². The fraction of sp³-hybridized carbons (Fsp3) is 0.333. The van der Waals surface area contributed by atoms with E-state index in [1.165, 1.54) is 15.4 Å². The van der Waals surface area contributed by atoms with E-state index >= 15 is 0 Å². The van der Waals surface area contributed by atoms with E-state index in [2.05, 4.69) is 54.1 Å². The maximum absolute atomic E-state index is 13.1. The molecule has 1 saturated heterocycles. The van der Waals surface area contributed by atoms with Gasteiger partial charge in [0.1, 0.15) is 0 Å². The Hall–Kier alpha value is -3.51. The highest BCUT2D eigenvalue weighted by molar-refractivity contribution is 7.89. The molecular weight excluding hydrogens is 510 g/mol. The summed E-state index contributed by atoms with van der Waals surface area (Å²) in [6.45, 7) is 7.50. The largest absolute Gasteiger partial charge is 0.473 e. The number of rotatable bonds is 8. The van der Waals surface area contributed by atoms with E-state index in [9.17, 15) is 8.42 Å². The number of carboxylic acid groups (broad SMARTS) is 2. The first-order chi connectivity index (χ1) is 18.1. The Balaban J connectivity index is 0.000000599. The fourth-order valence-electron chi connectivity index (χ4n) is 4.23.